The Balaban J connectivity index is 1.56. The van der Waals surface area contributed by atoms with Crippen molar-refractivity contribution in [3.63, 3.8) is 0 Å². The van der Waals surface area contributed by atoms with E-state index in [1.54, 1.807) is 18.3 Å². The average Bonchev–Trinajstić information content (AvgIpc) is 3.03. The maximum atomic E-state index is 12.1. The predicted molar refractivity (Wildman–Crippen MR) is 104 cm³/mol. The molecule has 0 unspecified atom stereocenters. The quantitative estimate of drug-likeness (QED) is 0.667. The number of aryl methyl sites for hydroxylation is 1. The van der Waals surface area contributed by atoms with Crippen LogP contribution in [0.5, 0.6) is 0 Å². The lowest BCUT2D eigenvalue weighted by atomic mass is 10.0. The average molecular weight is 374 g/mol. The Kier molecular flexibility index (Phi) is 5.42. The van der Waals surface area contributed by atoms with Gasteiger partial charge in [0, 0.05) is 21.0 Å². The molecule has 0 spiro atoms. The standard InChI is InChI=1S/C20H20ClNO2S/c1-20(24,18-12-15-6-2-3-8-17(15)25-18)13-22-19(23)10-9-14-5-4-7-16(21)11-14/h2-8,11-12,24H,9-10,13H2,1H3,(H,22,23)/t20-/m1/s1. The van der Waals surface area contributed by atoms with Gasteiger partial charge in [-0.3, -0.25) is 4.79 Å². The third-order valence-electron chi connectivity index (χ3n) is 4.12. The summed E-state index contributed by atoms with van der Waals surface area (Å²) in [6.45, 7) is 1.92. The smallest absolute Gasteiger partial charge is 0.220 e. The number of rotatable bonds is 6. The number of amides is 1. The molecular formula is C20H20ClNO2S. The van der Waals surface area contributed by atoms with Crippen LogP contribution < -0.4 is 5.32 Å². The van der Waals surface area contributed by atoms with Crippen LogP contribution in [-0.4, -0.2) is 17.6 Å². The van der Waals surface area contributed by atoms with E-state index in [0.29, 0.717) is 17.9 Å². The van der Waals surface area contributed by atoms with Gasteiger partial charge < -0.3 is 10.4 Å². The summed E-state index contributed by atoms with van der Waals surface area (Å²) < 4.78 is 1.13. The minimum Gasteiger partial charge on any atom is -0.383 e. The number of aliphatic hydroxyl groups is 1. The van der Waals surface area contributed by atoms with E-state index in [2.05, 4.69) is 5.32 Å². The van der Waals surface area contributed by atoms with Crippen LogP contribution in [0.2, 0.25) is 5.02 Å². The first-order chi connectivity index (χ1) is 11.9. The van der Waals surface area contributed by atoms with E-state index in [1.807, 2.05) is 54.6 Å². The molecule has 3 nitrogen and oxygen atoms in total. The Morgan fingerprint density at radius 3 is 2.76 bits per heavy atom. The molecule has 0 bridgehead atoms. The lowest BCUT2D eigenvalue weighted by molar-refractivity contribution is -0.122. The summed E-state index contributed by atoms with van der Waals surface area (Å²) in [5.74, 6) is -0.0821. The minimum absolute atomic E-state index is 0.0821. The number of carbonyl (C=O) groups is 1. The summed E-state index contributed by atoms with van der Waals surface area (Å²) in [5.41, 5.74) is -0.0611. The fourth-order valence-corrected chi connectivity index (χ4v) is 3.96. The fourth-order valence-electron chi connectivity index (χ4n) is 2.64. The molecule has 0 aliphatic carbocycles. The van der Waals surface area contributed by atoms with Crippen molar-refractivity contribution < 1.29 is 9.90 Å². The van der Waals surface area contributed by atoms with Gasteiger partial charge in [-0.05, 0) is 48.6 Å². The number of thiophene rings is 1. The largest absolute Gasteiger partial charge is 0.383 e. The summed E-state index contributed by atoms with van der Waals surface area (Å²) >= 11 is 7.50. The van der Waals surface area contributed by atoms with Gasteiger partial charge in [0.1, 0.15) is 5.60 Å². The van der Waals surface area contributed by atoms with Gasteiger partial charge in [0.2, 0.25) is 5.91 Å². The summed E-state index contributed by atoms with van der Waals surface area (Å²) in [5, 5.41) is 15.3. The molecule has 0 saturated heterocycles. The van der Waals surface area contributed by atoms with Crippen LogP contribution >= 0.6 is 22.9 Å². The molecule has 5 heteroatoms. The van der Waals surface area contributed by atoms with E-state index in [4.69, 9.17) is 11.6 Å². The highest BCUT2D eigenvalue weighted by Crippen LogP contribution is 2.32. The predicted octanol–water partition coefficient (Wildman–Crippen LogP) is 4.51. The van der Waals surface area contributed by atoms with Crippen LogP contribution in [0.4, 0.5) is 0 Å². The molecule has 0 radical (unpaired) electrons. The van der Waals surface area contributed by atoms with Crippen molar-refractivity contribution in [3.8, 4) is 0 Å². The van der Waals surface area contributed by atoms with E-state index in [0.717, 1.165) is 20.5 Å². The molecule has 0 saturated carbocycles. The zero-order valence-electron chi connectivity index (χ0n) is 14.0. The van der Waals surface area contributed by atoms with Gasteiger partial charge in [-0.25, -0.2) is 0 Å². The molecule has 0 aliphatic heterocycles. The fraction of sp³-hybridized carbons (Fsp3) is 0.250. The van der Waals surface area contributed by atoms with Gasteiger partial charge >= 0.3 is 0 Å². The molecule has 1 aromatic heterocycles. The van der Waals surface area contributed by atoms with E-state index in [9.17, 15) is 9.90 Å². The number of nitrogens with one attached hydrogen (secondary N) is 1. The second-order valence-corrected chi connectivity index (χ2v) is 7.85. The number of halogens is 1. The molecule has 3 rings (SSSR count). The van der Waals surface area contributed by atoms with Crippen LogP contribution in [0.1, 0.15) is 23.8 Å². The van der Waals surface area contributed by atoms with Gasteiger partial charge in [-0.2, -0.15) is 0 Å². The van der Waals surface area contributed by atoms with E-state index in [1.165, 1.54) is 0 Å². The minimum atomic E-state index is -1.09. The zero-order chi connectivity index (χ0) is 17.9. The van der Waals surface area contributed by atoms with Gasteiger partial charge in [-0.15, -0.1) is 11.3 Å². The number of hydrogen-bond acceptors (Lipinski definition) is 3. The van der Waals surface area contributed by atoms with Crippen molar-refractivity contribution in [2.45, 2.75) is 25.4 Å². The Morgan fingerprint density at radius 1 is 1.20 bits per heavy atom. The summed E-state index contributed by atoms with van der Waals surface area (Å²) in [4.78, 5) is 13.0. The third kappa shape index (κ3) is 4.60. The van der Waals surface area contributed by atoms with E-state index in [-0.39, 0.29) is 12.5 Å². The highest BCUT2D eigenvalue weighted by atomic mass is 35.5. The van der Waals surface area contributed by atoms with Crippen molar-refractivity contribution >= 4 is 38.9 Å². The molecule has 3 aromatic rings. The summed E-state index contributed by atoms with van der Waals surface area (Å²) in [7, 11) is 0. The number of fused-ring (bicyclic) bond motifs is 1. The molecule has 25 heavy (non-hydrogen) atoms. The lowest BCUT2D eigenvalue weighted by Gasteiger charge is -2.22. The van der Waals surface area contributed by atoms with Crippen LogP contribution in [0.15, 0.2) is 54.6 Å². The van der Waals surface area contributed by atoms with Crippen molar-refractivity contribution in [1.29, 1.82) is 0 Å². The summed E-state index contributed by atoms with van der Waals surface area (Å²) in [6.07, 6.45) is 0.986. The SMILES string of the molecule is C[C@@](O)(CNC(=O)CCc1cccc(Cl)c1)c1cc2ccccc2s1. The Labute approximate surface area is 156 Å². The topological polar surface area (TPSA) is 49.3 Å². The molecule has 130 valence electrons. The molecule has 0 aliphatic rings. The van der Waals surface area contributed by atoms with Crippen molar-refractivity contribution in [2.24, 2.45) is 0 Å². The Morgan fingerprint density at radius 2 is 2.00 bits per heavy atom. The molecule has 0 fully saturated rings. The molecular weight excluding hydrogens is 354 g/mol. The second-order valence-electron chi connectivity index (χ2n) is 6.33. The first kappa shape index (κ1) is 17.9. The van der Waals surface area contributed by atoms with Crippen LogP contribution in [0.3, 0.4) is 0 Å². The number of benzene rings is 2. The van der Waals surface area contributed by atoms with E-state index >= 15 is 0 Å². The molecule has 2 aromatic carbocycles. The first-order valence-electron chi connectivity index (χ1n) is 8.17. The van der Waals surface area contributed by atoms with Crippen molar-refractivity contribution in [2.75, 3.05) is 6.54 Å². The normalized spacial score (nSPS) is 13.6. The number of carbonyl (C=O) groups excluding carboxylic acids is 1. The van der Waals surface area contributed by atoms with Gasteiger partial charge in [0.05, 0.1) is 6.54 Å². The van der Waals surface area contributed by atoms with Gasteiger partial charge in [0.25, 0.3) is 0 Å². The van der Waals surface area contributed by atoms with Gasteiger partial charge in [-0.1, -0.05) is 41.9 Å². The van der Waals surface area contributed by atoms with Crippen molar-refractivity contribution in [3.05, 3.63) is 70.1 Å². The van der Waals surface area contributed by atoms with Gasteiger partial charge in [0.15, 0.2) is 0 Å². The second kappa shape index (κ2) is 7.56. The Bertz CT molecular complexity index is 855. The van der Waals surface area contributed by atoms with Crippen LogP contribution in [0, 0.1) is 0 Å². The van der Waals surface area contributed by atoms with Crippen LogP contribution in [-0.2, 0) is 16.8 Å². The van der Waals surface area contributed by atoms with Crippen molar-refractivity contribution in [1.82, 2.24) is 5.32 Å². The molecule has 1 atom stereocenters. The highest BCUT2D eigenvalue weighted by Gasteiger charge is 2.26. The highest BCUT2D eigenvalue weighted by molar-refractivity contribution is 7.19. The van der Waals surface area contributed by atoms with Crippen LogP contribution in [0.25, 0.3) is 10.1 Å². The zero-order valence-corrected chi connectivity index (χ0v) is 15.5. The molecule has 1 heterocycles. The first-order valence-corrected chi connectivity index (χ1v) is 9.36. The summed E-state index contributed by atoms with van der Waals surface area (Å²) in [6, 6.07) is 17.5. The maximum Gasteiger partial charge on any atom is 0.220 e. The maximum absolute atomic E-state index is 12.1. The number of hydrogen-bond donors (Lipinski definition) is 2. The third-order valence-corrected chi connectivity index (χ3v) is 5.72. The lowest BCUT2D eigenvalue weighted by Crippen LogP contribution is -2.38. The monoisotopic (exact) mass is 373 g/mol. The molecule has 2 N–H and O–H groups in total. The Hall–Kier alpha value is -1.88. The molecule has 1 amide bonds. The van der Waals surface area contributed by atoms with E-state index < -0.39 is 5.60 Å².